The predicted octanol–water partition coefficient (Wildman–Crippen LogP) is 5.63. The Morgan fingerprint density at radius 1 is 1.09 bits per heavy atom. The molecular weight excluding hydrogens is 444 g/mol. The molecule has 0 aliphatic heterocycles. The highest BCUT2D eigenvalue weighted by Crippen LogP contribution is 2.40. The topological polar surface area (TPSA) is 82.8 Å². The van der Waals surface area contributed by atoms with E-state index < -0.39 is 0 Å². The summed E-state index contributed by atoms with van der Waals surface area (Å²) in [6.45, 7) is 4.70. The van der Waals surface area contributed by atoms with E-state index in [-0.39, 0.29) is 5.91 Å². The minimum absolute atomic E-state index is 0.193. The lowest BCUT2D eigenvalue weighted by molar-refractivity contribution is -0.116. The van der Waals surface area contributed by atoms with Gasteiger partial charge in [0, 0.05) is 47.6 Å². The van der Waals surface area contributed by atoms with E-state index in [2.05, 4.69) is 10.3 Å². The van der Waals surface area contributed by atoms with Crippen LogP contribution in [0.1, 0.15) is 25.0 Å². The van der Waals surface area contributed by atoms with Crippen molar-refractivity contribution in [2.75, 3.05) is 20.8 Å². The number of allylic oxidation sites excluding steroid dienone is 1. The molecule has 0 fully saturated rings. The van der Waals surface area contributed by atoms with Crippen molar-refractivity contribution in [1.82, 2.24) is 10.3 Å². The van der Waals surface area contributed by atoms with Gasteiger partial charge in [-0.05, 0) is 54.8 Å². The number of carbonyl (C=O) groups excluding carboxylic acids is 1. The fourth-order valence-corrected chi connectivity index (χ4v) is 3.88. The number of hydrogen-bond acceptors (Lipinski definition) is 6. The Balaban J connectivity index is 1.69. The zero-order chi connectivity index (χ0) is 24.8. The second kappa shape index (κ2) is 10.8. The summed E-state index contributed by atoms with van der Waals surface area (Å²) in [5.74, 6) is 1.74. The molecule has 4 rings (SSSR count). The van der Waals surface area contributed by atoms with Crippen molar-refractivity contribution in [3.63, 3.8) is 0 Å². The molecule has 0 saturated carbocycles. The lowest BCUT2D eigenvalue weighted by Gasteiger charge is -2.12. The molecule has 0 saturated heterocycles. The van der Waals surface area contributed by atoms with Crippen LogP contribution in [-0.4, -0.2) is 31.7 Å². The lowest BCUT2D eigenvalue weighted by Crippen LogP contribution is -2.20. The summed E-state index contributed by atoms with van der Waals surface area (Å²) in [5.41, 5.74) is 5.04. The summed E-state index contributed by atoms with van der Waals surface area (Å²) in [7, 11) is 3.21. The van der Waals surface area contributed by atoms with Crippen LogP contribution in [0.15, 0.2) is 71.6 Å². The van der Waals surface area contributed by atoms with Gasteiger partial charge in [-0.15, -0.1) is 0 Å². The van der Waals surface area contributed by atoms with E-state index in [0.717, 1.165) is 33.2 Å². The van der Waals surface area contributed by atoms with Crippen LogP contribution in [0, 0.1) is 0 Å². The second-order valence-electron chi connectivity index (χ2n) is 7.90. The Kier molecular flexibility index (Phi) is 7.35. The zero-order valence-electron chi connectivity index (χ0n) is 20.3. The van der Waals surface area contributed by atoms with E-state index in [4.69, 9.17) is 18.6 Å². The first-order valence-corrected chi connectivity index (χ1v) is 11.3. The fraction of sp³-hybridized carbons (Fsp3) is 0.214. The van der Waals surface area contributed by atoms with Crippen molar-refractivity contribution in [2.45, 2.75) is 20.4 Å². The quantitative estimate of drug-likeness (QED) is 0.318. The molecular formula is C28H28N2O5. The minimum Gasteiger partial charge on any atom is -0.493 e. The Morgan fingerprint density at radius 2 is 1.91 bits per heavy atom. The van der Waals surface area contributed by atoms with E-state index in [1.54, 1.807) is 39.0 Å². The number of methoxy groups -OCH3 is 2. The number of carbonyl (C=O) groups is 1. The van der Waals surface area contributed by atoms with E-state index in [9.17, 15) is 4.79 Å². The number of hydrogen-bond donors (Lipinski definition) is 1. The van der Waals surface area contributed by atoms with E-state index in [1.807, 2.05) is 56.3 Å². The highest BCUT2D eigenvalue weighted by atomic mass is 16.5. The average Bonchev–Trinajstić information content (AvgIpc) is 3.30. The van der Waals surface area contributed by atoms with Gasteiger partial charge in [-0.1, -0.05) is 12.1 Å². The first kappa shape index (κ1) is 23.9. The van der Waals surface area contributed by atoms with Crippen LogP contribution >= 0.6 is 0 Å². The molecule has 0 unspecified atom stereocenters. The molecule has 7 nitrogen and oxygen atoms in total. The Morgan fingerprint density at radius 3 is 2.63 bits per heavy atom. The fourth-order valence-electron chi connectivity index (χ4n) is 3.88. The number of nitrogens with one attached hydrogen (secondary N) is 1. The second-order valence-corrected chi connectivity index (χ2v) is 7.90. The number of fused-ring (bicyclic) bond motifs is 1. The molecule has 0 spiro atoms. The van der Waals surface area contributed by atoms with E-state index >= 15 is 0 Å². The van der Waals surface area contributed by atoms with Crippen molar-refractivity contribution in [1.29, 1.82) is 0 Å². The zero-order valence-corrected chi connectivity index (χ0v) is 20.3. The van der Waals surface area contributed by atoms with Gasteiger partial charge < -0.3 is 23.9 Å². The number of ether oxygens (including phenoxy) is 3. The van der Waals surface area contributed by atoms with Gasteiger partial charge in [0.15, 0.2) is 11.5 Å². The van der Waals surface area contributed by atoms with Crippen LogP contribution in [0.25, 0.3) is 27.7 Å². The number of benzene rings is 2. The Bertz CT molecular complexity index is 1360. The number of rotatable bonds is 9. The van der Waals surface area contributed by atoms with Gasteiger partial charge in [-0.3, -0.25) is 9.78 Å². The van der Waals surface area contributed by atoms with Gasteiger partial charge in [0.1, 0.15) is 11.3 Å². The van der Waals surface area contributed by atoms with Crippen molar-refractivity contribution >= 4 is 22.4 Å². The van der Waals surface area contributed by atoms with Crippen LogP contribution in [0.5, 0.6) is 17.2 Å². The van der Waals surface area contributed by atoms with Crippen LogP contribution in [0.4, 0.5) is 0 Å². The molecule has 2 heterocycles. The van der Waals surface area contributed by atoms with Gasteiger partial charge in [-0.2, -0.15) is 0 Å². The number of nitrogens with zero attached hydrogens (tertiary/aromatic N) is 1. The standard InChI is InChI=1S/C28H28N2O5/c1-5-34-25-14-26-22(23(17-35-26)20-8-9-24(32-3)27(12-20)33-4)13-21(25)18(2)11-28(31)30-16-19-7-6-10-29-15-19/h6-15,17H,5,16H2,1-4H3,(H,30,31)/b18-11+. The number of amides is 1. The predicted molar refractivity (Wildman–Crippen MR) is 136 cm³/mol. The molecule has 0 aliphatic rings. The maximum Gasteiger partial charge on any atom is 0.244 e. The largest absolute Gasteiger partial charge is 0.493 e. The molecule has 1 N–H and O–H groups in total. The number of aromatic nitrogens is 1. The Hall–Kier alpha value is -4.26. The van der Waals surface area contributed by atoms with Gasteiger partial charge in [0.25, 0.3) is 0 Å². The summed E-state index contributed by atoms with van der Waals surface area (Å²) in [5, 5.41) is 3.81. The van der Waals surface area contributed by atoms with Crippen molar-refractivity contribution in [2.24, 2.45) is 0 Å². The van der Waals surface area contributed by atoms with Gasteiger partial charge in [0.2, 0.25) is 5.91 Å². The van der Waals surface area contributed by atoms with Crippen molar-refractivity contribution in [3.8, 4) is 28.4 Å². The smallest absolute Gasteiger partial charge is 0.244 e. The van der Waals surface area contributed by atoms with Crippen LogP contribution < -0.4 is 19.5 Å². The molecule has 1 amide bonds. The molecule has 0 atom stereocenters. The number of furan rings is 1. The minimum atomic E-state index is -0.193. The molecule has 35 heavy (non-hydrogen) atoms. The molecule has 0 radical (unpaired) electrons. The SMILES string of the molecule is CCOc1cc2occ(-c3ccc(OC)c(OC)c3)c2cc1/C(C)=C/C(=O)NCc1cccnc1. The van der Waals surface area contributed by atoms with Crippen molar-refractivity contribution in [3.05, 3.63) is 78.3 Å². The van der Waals surface area contributed by atoms with E-state index in [1.165, 1.54) is 0 Å². The van der Waals surface area contributed by atoms with Gasteiger partial charge in [-0.25, -0.2) is 0 Å². The van der Waals surface area contributed by atoms with Crippen molar-refractivity contribution < 1.29 is 23.4 Å². The van der Waals surface area contributed by atoms with Crippen LogP contribution in [0.2, 0.25) is 0 Å². The molecule has 0 aliphatic carbocycles. The normalized spacial score (nSPS) is 11.4. The van der Waals surface area contributed by atoms with Crippen LogP contribution in [-0.2, 0) is 11.3 Å². The molecule has 2 aromatic carbocycles. The average molecular weight is 473 g/mol. The summed E-state index contributed by atoms with van der Waals surface area (Å²) >= 11 is 0. The molecule has 2 aromatic heterocycles. The third-order valence-electron chi connectivity index (χ3n) is 5.63. The first-order valence-electron chi connectivity index (χ1n) is 11.3. The van der Waals surface area contributed by atoms with E-state index in [0.29, 0.717) is 36.0 Å². The van der Waals surface area contributed by atoms with Gasteiger partial charge in [0.05, 0.1) is 27.1 Å². The summed E-state index contributed by atoms with van der Waals surface area (Å²) < 4.78 is 22.6. The number of pyridine rings is 1. The molecule has 180 valence electrons. The third kappa shape index (κ3) is 5.30. The maximum absolute atomic E-state index is 12.6. The Labute approximate surface area is 204 Å². The van der Waals surface area contributed by atoms with Gasteiger partial charge >= 0.3 is 0 Å². The lowest BCUT2D eigenvalue weighted by atomic mass is 9.99. The third-order valence-corrected chi connectivity index (χ3v) is 5.63. The first-order chi connectivity index (χ1) is 17.0. The molecule has 4 aromatic rings. The molecule has 0 bridgehead atoms. The highest BCUT2D eigenvalue weighted by molar-refractivity contribution is 6.00. The summed E-state index contributed by atoms with van der Waals surface area (Å²) in [4.78, 5) is 16.7. The molecule has 7 heteroatoms. The summed E-state index contributed by atoms with van der Waals surface area (Å²) in [6.07, 6.45) is 6.72. The van der Waals surface area contributed by atoms with Crippen LogP contribution in [0.3, 0.4) is 0 Å². The maximum atomic E-state index is 12.6. The summed E-state index contributed by atoms with van der Waals surface area (Å²) in [6, 6.07) is 13.3. The highest BCUT2D eigenvalue weighted by Gasteiger charge is 2.16. The monoisotopic (exact) mass is 472 g/mol.